The Balaban J connectivity index is 1.76. The first-order valence-corrected chi connectivity index (χ1v) is 10.1. The molecule has 1 amide bonds. The minimum atomic E-state index is -0.377. The van der Waals surface area contributed by atoms with E-state index in [2.05, 4.69) is 27.1 Å². The fraction of sp³-hybridized carbons (Fsp3) is 0.333. The van der Waals surface area contributed by atoms with Crippen LogP contribution in [0.25, 0.3) is 10.9 Å². The molecule has 4 nitrogen and oxygen atoms in total. The van der Waals surface area contributed by atoms with Crippen molar-refractivity contribution in [1.29, 1.82) is 0 Å². The molecule has 1 saturated carbocycles. The fourth-order valence-corrected chi connectivity index (χ4v) is 4.27. The molecule has 29 heavy (non-hydrogen) atoms. The van der Waals surface area contributed by atoms with E-state index < -0.39 is 0 Å². The maximum absolute atomic E-state index is 14.6. The molecule has 2 N–H and O–H groups in total. The second-order valence-electron chi connectivity index (χ2n) is 7.68. The summed E-state index contributed by atoms with van der Waals surface area (Å²) in [6.45, 7) is 2.02. The predicted octanol–water partition coefficient (Wildman–Crippen LogP) is 4.24. The van der Waals surface area contributed by atoms with E-state index in [1.807, 2.05) is 24.4 Å². The number of hydrogen-bond donors (Lipinski definition) is 2. The summed E-state index contributed by atoms with van der Waals surface area (Å²) in [5, 5.41) is 3.67. The molecule has 1 aliphatic carbocycles. The highest BCUT2D eigenvalue weighted by Gasteiger charge is 2.36. The molecule has 0 atom stereocenters. The van der Waals surface area contributed by atoms with Gasteiger partial charge in [-0.25, -0.2) is 9.37 Å². The summed E-state index contributed by atoms with van der Waals surface area (Å²) < 4.78 is 14.6. The number of nitrogens with zero attached hydrogens (tertiary/aromatic N) is 1. The number of rotatable bonds is 4. The van der Waals surface area contributed by atoms with Crippen LogP contribution in [-0.4, -0.2) is 22.4 Å². The Morgan fingerprint density at radius 2 is 2.14 bits per heavy atom. The number of amides is 1. The smallest absolute Gasteiger partial charge is 0.216 e. The molecule has 0 saturated heterocycles. The van der Waals surface area contributed by atoms with Crippen molar-refractivity contribution in [3.63, 3.8) is 0 Å². The highest BCUT2D eigenvalue weighted by molar-refractivity contribution is 5.88. The molecular weight excluding hydrogens is 365 g/mol. The molecule has 0 bridgehead atoms. The lowest BCUT2D eigenvalue weighted by Gasteiger charge is -2.24. The summed E-state index contributed by atoms with van der Waals surface area (Å²) >= 11 is 0. The number of carbonyl (C=O) groups is 1. The van der Waals surface area contributed by atoms with Crippen molar-refractivity contribution in [3.05, 3.63) is 65.4 Å². The minimum Gasteiger partial charge on any atom is -0.361 e. The van der Waals surface area contributed by atoms with Gasteiger partial charge in [-0.05, 0) is 60.6 Å². The molecule has 0 radical (unpaired) electrons. The SMILES string of the molecule is CC(=O)NCCc1c[nH]c2c(C3(C#Cc4ccccn4)CCCC3)cc(F)cc12. The Morgan fingerprint density at radius 1 is 1.31 bits per heavy atom. The summed E-state index contributed by atoms with van der Waals surface area (Å²) in [6, 6.07) is 8.90. The molecule has 5 heteroatoms. The summed E-state index contributed by atoms with van der Waals surface area (Å²) in [7, 11) is 0. The van der Waals surface area contributed by atoms with Crippen LogP contribution in [0.15, 0.2) is 42.7 Å². The second kappa shape index (κ2) is 8.08. The van der Waals surface area contributed by atoms with Crippen molar-refractivity contribution in [1.82, 2.24) is 15.3 Å². The molecule has 148 valence electrons. The summed E-state index contributed by atoms with van der Waals surface area (Å²) in [6.07, 6.45) is 8.27. The molecule has 1 fully saturated rings. The van der Waals surface area contributed by atoms with Crippen LogP contribution in [0.5, 0.6) is 0 Å². The van der Waals surface area contributed by atoms with Gasteiger partial charge in [0, 0.05) is 31.2 Å². The van der Waals surface area contributed by atoms with Gasteiger partial charge in [-0.1, -0.05) is 24.8 Å². The monoisotopic (exact) mass is 389 g/mol. The molecule has 2 aromatic heterocycles. The molecule has 0 spiro atoms. The minimum absolute atomic E-state index is 0.0635. The Morgan fingerprint density at radius 3 is 2.86 bits per heavy atom. The highest BCUT2D eigenvalue weighted by Crippen LogP contribution is 2.44. The van der Waals surface area contributed by atoms with Gasteiger partial charge in [0.25, 0.3) is 0 Å². The van der Waals surface area contributed by atoms with Gasteiger partial charge in [0.1, 0.15) is 11.5 Å². The van der Waals surface area contributed by atoms with E-state index in [1.54, 1.807) is 18.3 Å². The lowest BCUT2D eigenvalue weighted by atomic mass is 9.78. The van der Waals surface area contributed by atoms with Crippen LogP contribution in [0.3, 0.4) is 0 Å². The van der Waals surface area contributed by atoms with Crippen LogP contribution >= 0.6 is 0 Å². The quantitative estimate of drug-likeness (QED) is 0.656. The van der Waals surface area contributed by atoms with Crippen LogP contribution in [0.4, 0.5) is 4.39 Å². The van der Waals surface area contributed by atoms with Crippen molar-refractivity contribution < 1.29 is 9.18 Å². The van der Waals surface area contributed by atoms with E-state index in [9.17, 15) is 9.18 Å². The van der Waals surface area contributed by atoms with Gasteiger partial charge in [0.2, 0.25) is 5.91 Å². The Bertz CT molecular complexity index is 1090. The number of aromatic nitrogens is 2. The summed E-state index contributed by atoms with van der Waals surface area (Å²) in [5.41, 5.74) is 3.23. The normalized spacial score (nSPS) is 15.1. The Hall–Kier alpha value is -3.13. The molecule has 1 aliphatic rings. The largest absolute Gasteiger partial charge is 0.361 e. The van der Waals surface area contributed by atoms with Gasteiger partial charge >= 0.3 is 0 Å². The Labute approximate surface area is 169 Å². The molecular formula is C24H24FN3O. The number of aromatic amines is 1. The lowest BCUT2D eigenvalue weighted by Crippen LogP contribution is -2.22. The molecule has 2 heterocycles. The number of halogens is 1. The maximum atomic E-state index is 14.6. The lowest BCUT2D eigenvalue weighted by molar-refractivity contribution is -0.118. The van der Waals surface area contributed by atoms with E-state index in [-0.39, 0.29) is 17.1 Å². The fourth-order valence-electron chi connectivity index (χ4n) is 4.27. The molecule has 1 aromatic carbocycles. The zero-order valence-corrected chi connectivity index (χ0v) is 16.5. The number of hydrogen-bond acceptors (Lipinski definition) is 2. The standard InChI is InChI=1S/C24H24FN3O/c1-17(29)26-13-8-18-16-28-23-21(18)14-19(25)15-22(23)24(9-3-4-10-24)11-7-20-6-2-5-12-27-20/h2,5-6,12,14-16,28H,3-4,8-10,13H2,1H3,(H,26,29). The topological polar surface area (TPSA) is 57.8 Å². The van der Waals surface area contributed by atoms with Crippen molar-refractivity contribution in [2.45, 2.75) is 44.4 Å². The zero-order valence-electron chi connectivity index (χ0n) is 16.5. The number of nitrogens with one attached hydrogen (secondary N) is 2. The average molecular weight is 389 g/mol. The maximum Gasteiger partial charge on any atom is 0.216 e. The first-order valence-electron chi connectivity index (χ1n) is 10.1. The van der Waals surface area contributed by atoms with Crippen LogP contribution < -0.4 is 5.32 Å². The van der Waals surface area contributed by atoms with E-state index in [0.717, 1.165) is 53.4 Å². The van der Waals surface area contributed by atoms with E-state index >= 15 is 0 Å². The number of fused-ring (bicyclic) bond motifs is 1. The molecule has 3 aromatic rings. The van der Waals surface area contributed by atoms with E-state index in [1.165, 1.54) is 6.92 Å². The molecule has 4 rings (SSSR count). The molecule has 0 unspecified atom stereocenters. The number of benzene rings is 1. The van der Waals surface area contributed by atoms with Gasteiger partial charge in [-0.2, -0.15) is 0 Å². The number of pyridine rings is 1. The van der Waals surface area contributed by atoms with Gasteiger partial charge < -0.3 is 10.3 Å². The van der Waals surface area contributed by atoms with Crippen molar-refractivity contribution in [2.75, 3.05) is 6.54 Å². The Kier molecular flexibility index (Phi) is 5.35. The molecule has 0 aliphatic heterocycles. The van der Waals surface area contributed by atoms with Crippen molar-refractivity contribution in [3.8, 4) is 11.8 Å². The van der Waals surface area contributed by atoms with Gasteiger partial charge in [-0.3, -0.25) is 4.79 Å². The van der Waals surface area contributed by atoms with E-state index in [4.69, 9.17) is 0 Å². The third-order valence-corrected chi connectivity index (χ3v) is 5.68. The van der Waals surface area contributed by atoms with Gasteiger partial charge in [0.15, 0.2) is 0 Å². The van der Waals surface area contributed by atoms with Crippen LogP contribution in [0.2, 0.25) is 0 Å². The van der Waals surface area contributed by atoms with Crippen molar-refractivity contribution >= 4 is 16.8 Å². The second-order valence-corrected chi connectivity index (χ2v) is 7.68. The van der Waals surface area contributed by atoms with Crippen LogP contribution in [0.1, 0.15) is 49.4 Å². The first-order chi connectivity index (χ1) is 14.1. The van der Waals surface area contributed by atoms with E-state index in [0.29, 0.717) is 13.0 Å². The zero-order chi connectivity index (χ0) is 20.3. The van der Waals surface area contributed by atoms with Crippen LogP contribution in [0, 0.1) is 17.7 Å². The van der Waals surface area contributed by atoms with Gasteiger partial charge in [0.05, 0.1) is 10.9 Å². The third-order valence-electron chi connectivity index (χ3n) is 5.68. The van der Waals surface area contributed by atoms with Gasteiger partial charge in [-0.15, -0.1) is 0 Å². The number of carbonyl (C=O) groups excluding carboxylic acids is 1. The third kappa shape index (κ3) is 4.02. The predicted molar refractivity (Wildman–Crippen MR) is 112 cm³/mol. The first kappa shape index (κ1) is 19.2. The van der Waals surface area contributed by atoms with Crippen LogP contribution in [-0.2, 0) is 16.6 Å². The summed E-state index contributed by atoms with van der Waals surface area (Å²) in [4.78, 5) is 18.8. The summed E-state index contributed by atoms with van der Waals surface area (Å²) in [5.74, 6) is 6.36. The van der Waals surface area contributed by atoms with Crippen molar-refractivity contribution in [2.24, 2.45) is 0 Å². The average Bonchev–Trinajstić information content (AvgIpc) is 3.35. The number of H-pyrrole nitrogens is 1. The highest BCUT2D eigenvalue weighted by atomic mass is 19.1.